The second kappa shape index (κ2) is 9.97. The first kappa shape index (κ1) is 26.1. The summed E-state index contributed by atoms with van der Waals surface area (Å²) in [6.07, 6.45) is -3.49. The highest BCUT2D eigenvalue weighted by Gasteiger charge is 2.48. The number of ether oxygens (including phenoxy) is 2. The van der Waals surface area contributed by atoms with E-state index in [1.807, 2.05) is 0 Å². The summed E-state index contributed by atoms with van der Waals surface area (Å²) in [5.41, 5.74) is 0.913. The Labute approximate surface area is 217 Å². The van der Waals surface area contributed by atoms with Crippen molar-refractivity contribution >= 4 is 22.8 Å². The van der Waals surface area contributed by atoms with E-state index >= 15 is 8.78 Å². The molecule has 1 unspecified atom stereocenters. The van der Waals surface area contributed by atoms with Gasteiger partial charge in [0.25, 0.3) is 17.7 Å². The number of aromatic nitrogens is 3. The first-order valence-electron chi connectivity index (χ1n) is 11.6. The number of likely N-dealkylation sites (tertiary alicyclic amines) is 1. The van der Waals surface area contributed by atoms with E-state index in [-0.39, 0.29) is 23.0 Å². The molecule has 0 aliphatic carbocycles. The number of rotatable bonds is 5. The molecule has 1 aliphatic rings. The number of alkyl halides is 5. The minimum atomic E-state index is -5.34. The van der Waals surface area contributed by atoms with Crippen LogP contribution in [0.1, 0.15) is 16.8 Å². The van der Waals surface area contributed by atoms with E-state index in [1.165, 1.54) is 29.6 Å². The normalized spacial score (nSPS) is 17.2. The number of amides is 1. The second-order valence-electron chi connectivity index (χ2n) is 8.73. The zero-order chi connectivity index (χ0) is 27.8. The highest BCUT2D eigenvalue weighted by Crippen LogP contribution is 2.37. The van der Waals surface area contributed by atoms with Crippen LogP contribution >= 0.6 is 0 Å². The second-order valence-corrected chi connectivity index (χ2v) is 8.73. The number of pyridine rings is 1. The Morgan fingerprint density at radius 1 is 1.05 bits per heavy atom. The topological polar surface area (TPSA) is 86.6 Å². The Hall–Kier alpha value is -4.55. The van der Waals surface area contributed by atoms with Gasteiger partial charge < -0.3 is 18.9 Å². The molecular formula is C26H19F5N4O4. The van der Waals surface area contributed by atoms with Gasteiger partial charge in [-0.2, -0.15) is 13.2 Å². The number of fused-ring (bicyclic) bond motifs is 1. The summed E-state index contributed by atoms with van der Waals surface area (Å²) < 4.78 is 80.2. The lowest BCUT2D eigenvalue weighted by atomic mass is 10.0. The lowest BCUT2D eigenvalue weighted by Gasteiger charge is -2.38. The van der Waals surface area contributed by atoms with Gasteiger partial charge in [-0.25, -0.2) is 23.5 Å². The molecule has 5 rings (SSSR count). The van der Waals surface area contributed by atoms with Crippen LogP contribution in [0.25, 0.3) is 16.6 Å². The van der Waals surface area contributed by atoms with Gasteiger partial charge in [0.15, 0.2) is 11.9 Å². The van der Waals surface area contributed by atoms with Gasteiger partial charge in [0.2, 0.25) is 0 Å². The number of hydrogen-bond acceptors (Lipinski definition) is 6. The van der Waals surface area contributed by atoms with Gasteiger partial charge in [-0.05, 0) is 24.3 Å². The van der Waals surface area contributed by atoms with Crippen LogP contribution < -0.4 is 9.47 Å². The fraction of sp³-hybridized carbons (Fsp3) is 0.231. The Kier molecular flexibility index (Phi) is 6.66. The Morgan fingerprint density at radius 2 is 1.79 bits per heavy atom. The number of nitrogens with zero attached hydrogens (tertiary/aromatic N) is 4. The van der Waals surface area contributed by atoms with Crippen LogP contribution in [0.4, 0.5) is 22.0 Å². The Balaban J connectivity index is 1.45. The van der Waals surface area contributed by atoms with E-state index in [4.69, 9.17) is 4.74 Å². The van der Waals surface area contributed by atoms with Crippen molar-refractivity contribution < 1.29 is 41.0 Å². The minimum Gasteiger partial charge on any atom is -0.463 e. The van der Waals surface area contributed by atoms with Crippen molar-refractivity contribution in [3.05, 3.63) is 78.9 Å². The van der Waals surface area contributed by atoms with Gasteiger partial charge >= 0.3 is 12.1 Å². The van der Waals surface area contributed by atoms with E-state index in [0.29, 0.717) is 5.69 Å². The third-order valence-corrected chi connectivity index (χ3v) is 6.12. The van der Waals surface area contributed by atoms with Crippen molar-refractivity contribution in [1.29, 1.82) is 0 Å². The maximum Gasteiger partial charge on any atom is 0.491 e. The van der Waals surface area contributed by atoms with Gasteiger partial charge in [-0.15, -0.1) is 0 Å². The number of benzene rings is 2. The molecule has 3 heterocycles. The predicted octanol–water partition coefficient (Wildman–Crippen LogP) is 4.82. The molecule has 1 atom stereocenters. The van der Waals surface area contributed by atoms with Gasteiger partial charge in [-0.3, -0.25) is 4.79 Å². The zero-order valence-corrected chi connectivity index (χ0v) is 19.9. The van der Waals surface area contributed by atoms with Crippen LogP contribution in [-0.4, -0.2) is 62.6 Å². The van der Waals surface area contributed by atoms with Crippen molar-refractivity contribution in [3.8, 4) is 17.3 Å². The molecule has 202 valence electrons. The lowest BCUT2D eigenvalue weighted by molar-refractivity contribution is -0.190. The smallest absolute Gasteiger partial charge is 0.463 e. The zero-order valence-electron chi connectivity index (χ0n) is 19.9. The van der Waals surface area contributed by atoms with Crippen LogP contribution in [-0.2, 0) is 4.79 Å². The van der Waals surface area contributed by atoms with Crippen LogP contribution in [0.5, 0.6) is 11.6 Å². The van der Waals surface area contributed by atoms with Crippen molar-refractivity contribution in [2.45, 2.75) is 24.6 Å². The van der Waals surface area contributed by atoms with E-state index in [1.54, 1.807) is 47.2 Å². The van der Waals surface area contributed by atoms with E-state index in [0.717, 1.165) is 6.07 Å². The molecule has 2 aromatic heterocycles. The third-order valence-electron chi connectivity index (χ3n) is 6.12. The highest BCUT2D eigenvalue weighted by molar-refractivity contribution is 5.98. The number of imidazole rings is 1. The predicted molar refractivity (Wildman–Crippen MR) is 127 cm³/mol. The highest BCUT2D eigenvalue weighted by atomic mass is 19.4. The van der Waals surface area contributed by atoms with Crippen molar-refractivity contribution in [2.75, 3.05) is 13.1 Å². The van der Waals surface area contributed by atoms with Gasteiger partial charge in [-0.1, -0.05) is 30.3 Å². The maximum atomic E-state index is 15.0. The summed E-state index contributed by atoms with van der Waals surface area (Å²) in [4.78, 5) is 34.1. The molecule has 4 aromatic rings. The molecule has 0 spiro atoms. The van der Waals surface area contributed by atoms with Crippen LogP contribution in [0, 0.1) is 0 Å². The molecule has 0 radical (unpaired) electrons. The van der Waals surface area contributed by atoms with Crippen LogP contribution in [0.15, 0.2) is 73.3 Å². The SMILES string of the molecule is O=C(c1ccccc1-n1ccnc1)N1CCC(F)(F)C(Oc2nc3ccccc3cc2OC(=O)C(F)(F)F)C1. The summed E-state index contributed by atoms with van der Waals surface area (Å²) >= 11 is 0. The number of carbonyl (C=O) groups excluding carboxylic acids is 2. The summed E-state index contributed by atoms with van der Waals surface area (Å²) in [5, 5.41) is 0.290. The third kappa shape index (κ3) is 5.38. The number of esters is 1. The van der Waals surface area contributed by atoms with E-state index < -0.39 is 54.7 Å². The molecule has 0 saturated carbocycles. The van der Waals surface area contributed by atoms with Gasteiger partial charge in [0.05, 0.1) is 29.6 Å². The molecule has 13 heteroatoms. The molecule has 1 saturated heterocycles. The van der Waals surface area contributed by atoms with Gasteiger partial charge in [0.1, 0.15) is 0 Å². The molecule has 8 nitrogen and oxygen atoms in total. The first-order valence-corrected chi connectivity index (χ1v) is 11.6. The number of piperidine rings is 1. The van der Waals surface area contributed by atoms with Crippen molar-refractivity contribution in [1.82, 2.24) is 19.4 Å². The molecular weight excluding hydrogens is 527 g/mol. The average Bonchev–Trinajstić information content (AvgIpc) is 3.44. The Morgan fingerprint density at radius 3 is 2.54 bits per heavy atom. The molecule has 1 aliphatic heterocycles. The Bertz CT molecular complexity index is 1520. The fourth-order valence-corrected chi connectivity index (χ4v) is 4.16. The van der Waals surface area contributed by atoms with Crippen molar-refractivity contribution in [2.24, 2.45) is 0 Å². The summed E-state index contributed by atoms with van der Waals surface area (Å²) in [6, 6.07) is 13.7. The fourth-order valence-electron chi connectivity index (χ4n) is 4.16. The molecule has 1 fully saturated rings. The summed E-state index contributed by atoms with van der Waals surface area (Å²) in [5.74, 6) is -8.10. The van der Waals surface area contributed by atoms with Crippen molar-refractivity contribution in [3.63, 3.8) is 0 Å². The monoisotopic (exact) mass is 546 g/mol. The summed E-state index contributed by atoms with van der Waals surface area (Å²) in [7, 11) is 0. The molecule has 2 aromatic carbocycles. The minimum absolute atomic E-state index is 0.209. The summed E-state index contributed by atoms with van der Waals surface area (Å²) in [6.45, 7) is -0.906. The molecule has 0 N–H and O–H groups in total. The van der Waals surface area contributed by atoms with E-state index in [9.17, 15) is 22.8 Å². The quantitative estimate of drug-likeness (QED) is 0.264. The average molecular weight is 546 g/mol. The lowest BCUT2D eigenvalue weighted by Crippen LogP contribution is -2.55. The number of halogens is 5. The maximum absolute atomic E-state index is 15.0. The number of para-hydroxylation sites is 2. The van der Waals surface area contributed by atoms with Gasteiger partial charge in [0, 0.05) is 30.7 Å². The number of hydrogen-bond donors (Lipinski definition) is 0. The number of carbonyl (C=O) groups is 2. The van der Waals surface area contributed by atoms with Crippen LogP contribution in [0.2, 0.25) is 0 Å². The molecule has 39 heavy (non-hydrogen) atoms. The molecule has 0 bridgehead atoms. The van der Waals surface area contributed by atoms with E-state index in [2.05, 4.69) is 14.7 Å². The first-order chi connectivity index (χ1) is 18.5. The largest absolute Gasteiger partial charge is 0.491 e. The van der Waals surface area contributed by atoms with Crippen LogP contribution in [0.3, 0.4) is 0 Å². The standard InChI is InChI=1S/C26H19F5N4O4/c27-25(28)9-11-34(23(36)17-6-2-4-8-19(17)35-12-10-32-15-35)14-21(25)39-22-20(38-24(37)26(29,30)31)13-16-5-1-3-7-18(16)33-22/h1-8,10,12-13,15,21H,9,11,14H2. The molecule has 1 amide bonds.